The third-order valence-electron chi connectivity index (χ3n) is 4.91. The van der Waals surface area contributed by atoms with E-state index in [1.165, 1.54) is 23.4 Å². The highest BCUT2D eigenvalue weighted by molar-refractivity contribution is 7.93. The number of benzene rings is 2. The van der Waals surface area contributed by atoms with Gasteiger partial charge in [0.25, 0.3) is 5.91 Å². The third kappa shape index (κ3) is 5.50. The molecule has 2 unspecified atom stereocenters. The van der Waals surface area contributed by atoms with E-state index in [1.807, 2.05) is 0 Å². The Bertz CT molecular complexity index is 1110. The van der Waals surface area contributed by atoms with Crippen molar-refractivity contribution < 1.29 is 22.7 Å². The molecule has 2 aromatic rings. The van der Waals surface area contributed by atoms with Gasteiger partial charge in [0.2, 0.25) is 10.0 Å². The summed E-state index contributed by atoms with van der Waals surface area (Å²) in [5, 5.41) is 3.65. The molecule has 0 radical (unpaired) electrons. The Balaban J connectivity index is 1.65. The predicted molar refractivity (Wildman–Crippen MR) is 120 cm³/mol. The smallest absolute Gasteiger partial charge is 0.338 e. The molecule has 1 amide bonds. The number of anilines is 1. The van der Waals surface area contributed by atoms with Crippen LogP contribution in [0.15, 0.2) is 42.5 Å². The zero-order valence-corrected chi connectivity index (χ0v) is 19.3. The van der Waals surface area contributed by atoms with E-state index < -0.39 is 34.0 Å². The van der Waals surface area contributed by atoms with Crippen molar-refractivity contribution in [2.24, 2.45) is 0 Å². The molecule has 0 aromatic heterocycles. The molecule has 3 rings (SSSR count). The second kappa shape index (κ2) is 9.46. The molecule has 0 spiro atoms. The van der Waals surface area contributed by atoms with Crippen molar-refractivity contribution in [2.45, 2.75) is 32.4 Å². The van der Waals surface area contributed by atoms with Gasteiger partial charge in [0.1, 0.15) is 0 Å². The maximum Gasteiger partial charge on any atom is 0.338 e. The number of amides is 1. The quantitative estimate of drug-likeness (QED) is 0.626. The first-order valence-corrected chi connectivity index (χ1v) is 12.0. The average Bonchev–Trinajstić information content (AvgIpc) is 3.06. The monoisotopic (exact) mass is 484 g/mol. The van der Waals surface area contributed by atoms with Crippen LogP contribution in [0.4, 0.5) is 5.69 Å². The Morgan fingerprint density at radius 2 is 1.87 bits per heavy atom. The molecule has 166 valence electrons. The highest BCUT2D eigenvalue weighted by Gasteiger charge is 2.29. The predicted octanol–water partition coefficient (Wildman–Crippen LogP) is 3.96. The van der Waals surface area contributed by atoms with E-state index in [2.05, 4.69) is 5.32 Å². The zero-order valence-electron chi connectivity index (χ0n) is 17.0. The molecule has 1 N–H and O–H groups in total. The molecular weight excluding hydrogens is 463 g/mol. The van der Waals surface area contributed by atoms with Crippen molar-refractivity contribution in [1.82, 2.24) is 5.32 Å². The Morgan fingerprint density at radius 1 is 1.13 bits per heavy atom. The molecule has 1 heterocycles. The van der Waals surface area contributed by atoms with Crippen molar-refractivity contribution in [1.29, 1.82) is 0 Å². The lowest BCUT2D eigenvalue weighted by Gasteiger charge is -2.20. The molecule has 2 aromatic carbocycles. The van der Waals surface area contributed by atoms with E-state index in [-0.39, 0.29) is 11.3 Å². The summed E-state index contributed by atoms with van der Waals surface area (Å²) in [7, 11) is -3.37. The Hall–Kier alpha value is -2.29. The largest absolute Gasteiger partial charge is 0.449 e. The van der Waals surface area contributed by atoms with E-state index in [0.717, 1.165) is 0 Å². The van der Waals surface area contributed by atoms with E-state index in [9.17, 15) is 18.0 Å². The number of hydrogen-bond donors (Lipinski definition) is 1. The number of nitrogens with zero attached hydrogens (tertiary/aromatic N) is 1. The number of hydrogen-bond acceptors (Lipinski definition) is 5. The van der Waals surface area contributed by atoms with Crippen LogP contribution in [0.1, 0.15) is 42.2 Å². The minimum Gasteiger partial charge on any atom is -0.449 e. The van der Waals surface area contributed by atoms with Gasteiger partial charge in [-0.3, -0.25) is 9.10 Å². The van der Waals surface area contributed by atoms with Gasteiger partial charge < -0.3 is 10.1 Å². The Labute approximate surface area is 191 Å². The highest BCUT2D eigenvalue weighted by atomic mass is 35.5. The van der Waals surface area contributed by atoms with Gasteiger partial charge in [0.15, 0.2) is 6.10 Å². The van der Waals surface area contributed by atoms with Crippen LogP contribution in [0.25, 0.3) is 0 Å². The number of carbonyl (C=O) groups is 2. The van der Waals surface area contributed by atoms with Gasteiger partial charge in [-0.2, -0.15) is 0 Å². The SMILES string of the molecule is CC(OC(=O)c1cccc(N2CCCS2(=O)=O)c1)C(=O)NC(C)c1ccc(Cl)cc1Cl. The second-order valence-electron chi connectivity index (χ2n) is 7.24. The maximum absolute atomic E-state index is 12.5. The number of ether oxygens (including phenoxy) is 1. The summed E-state index contributed by atoms with van der Waals surface area (Å²) in [5.74, 6) is -1.14. The standard InChI is InChI=1S/C21H22Cl2N2O5S/c1-13(18-8-7-16(22)12-19(18)23)24-20(26)14(2)30-21(27)15-5-3-6-17(11-15)25-9-4-10-31(25,28)29/h3,5-8,11-14H,4,9-10H2,1-2H3,(H,24,26). The number of nitrogens with one attached hydrogen (secondary N) is 1. The van der Waals surface area contributed by atoms with Crippen molar-refractivity contribution in [3.63, 3.8) is 0 Å². The molecule has 1 aliphatic rings. The van der Waals surface area contributed by atoms with Crippen molar-refractivity contribution in [3.8, 4) is 0 Å². The number of sulfonamides is 1. The number of carbonyl (C=O) groups excluding carboxylic acids is 2. The topological polar surface area (TPSA) is 92.8 Å². The molecular formula is C21H22Cl2N2O5S. The van der Waals surface area contributed by atoms with Gasteiger partial charge >= 0.3 is 5.97 Å². The average molecular weight is 485 g/mol. The summed E-state index contributed by atoms with van der Waals surface area (Å²) in [5.41, 5.74) is 1.24. The Morgan fingerprint density at radius 3 is 2.52 bits per heavy atom. The van der Waals surface area contributed by atoms with Crippen LogP contribution in [0.3, 0.4) is 0 Å². The number of esters is 1. The molecule has 7 nitrogen and oxygen atoms in total. The lowest BCUT2D eigenvalue weighted by Crippen LogP contribution is -2.37. The lowest BCUT2D eigenvalue weighted by molar-refractivity contribution is -0.129. The molecule has 0 saturated carbocycles. The fourth-order valence-electron chi connectivity index (χ4n) is 3.26. The minimum atomic E-state index is -3.37. The van der Waals surface area contributed by atoms with E-state index in [4.69, 9.17) is 27.9 Å². The molecule has 1 aliphatic heterocycles. The molecule has 0 aliphatic carbocycles. The summed E-state index contributed by atoms with van der Waals surface area (Å²) < 4.78 is 30.8. The molecule has 10 heteroatoms. The third-order valence-corrected chi connectivity index (χ3v) is 7.34. The fraction of sp³-hybridized carbons (Fsp3) is 0.333. The Kier molecular flexibility index (Phi) is 7.13. The molecule has 0 bridgehead atoms. The van der Waals surface area contributed by atoms with Gasteiger partial charge in [-0.25, -0.2) is 13.2 Å². The van der Waals surface area contributed by atoms with E-state index >= 15 is 0 Å². The van der Waals surface area contributed by atoms with Crippen LogP contribution in [0.5, 0.6) is 0 Å². The summed E-state index contributed by atoms with van der Waals surface area (Å²) in [6, 6.07) is 10.7. The highest BCUT2D eigenvalue weighted by Crippen LogP contribution is 2.27. The normalized spacial score (nSPS) is 17.1. The first kappa shape index (κ1) is 23.4. The molecule has 2 atom stereocenters. The molecule has 1 fully saturated rings. The van der Waals surface area contributed by atoms with Crippen molar-refractivity contribution in [2.75, 3.05) is 16.6 Å². The second-order valence-corrected chi connectivity index (χ2v) is 10.1. The van der Waals surface area contributed by atoms with Crippen LogP contribution in [-0.4, -0.2) is 38.7 Å². The lowest BCUT2D eigenvalue weighted by atomic mass is 10.1. The maximum atomic E-state index is 12.5. The van der Waals surface area contributed by atoms with Gasteiger partial charge in [-0.1, -0.05) is 35.3 Å². The van der Waals surface area contributed by atoms with Crippen LogP contribution < -0.4 is 9.62 Å². The summed E-state index contributed by atoms with van der Waals surface area (Å²) >= 11 is 12.1. The summed E-state index contributed by atoms with van der Waals surface area (Å²) in [6.45, 7) is 3.57. The zero-order chi connectivity index (χ0) is 22.8. The van der Waals surface area contributed by atoms with Crippen molar-refractivity contribution in [3.05, 3.63) is 63.6 Å². The summed E-state index contributed by atoms with van der Waals surface area (Å²) in [6.07, 6.45) is -0.537. The van der Waals surface area contributed by atoms with Crippen LogP contribution in [0, 0.1) is 0 Å². The van der Waals surface area contributed by atoms with E-state index in [0.29, 0.717) is 34.3 Å². The fourth-order valence-corrected chi connectivity index (χ4v) is 5.39. The molecule has 1 saturated heterocycles. The molecule has 31 heavy (non-hydrogen) atoms. The summed E-state index contributed by atoms with van der Waals surface area (Å²) in [4.78, 5) is 25.0. The van der Waals surface area contributed by atoms with Crippen LogP contribution >= 0.6 is 23.2 Å². The number of halogens is 2. The first-order valence-electron chi connectivity index (χ1n) is 9.65. The van der Waals surface area contributed by atoms with Gasteiger partial charge in [0, 0.05) is 16.6 Å². The minimum absolute atomic E-state index is 0.0781. The van der Waals surface area contributed by atoms with E-state index in [1.54, 1.807) is 37.3 Å². The van der Waals surface area contributed by atoms with Crippen LogP contribution in [-0.2, 0) is 19.6 Å². The van der Waals surface area contributed by atoms with Gasteiger partial charge in [-0.05, 0) is 56.2 Å². The first-order chi connectivity index (χ1) is 14.6. The van der Waals surface area contributed by atoms with Gasteiger partial charge in [0.05, 0.1) is 23.0 Å². The van der Waals surface area contributed by atoms with Crippen LogP contribution in [0.2, 0.25) is 10.0 Å². The van der Waals surface area contributed by atoms with Crippen molar-refractivity contribution >= 4 is 50.8 Å². The van der Waals surface area contributed by atoms with Gasteiger partial charge in [-0.15, -0.1) is 0 Å². The number of rotatable bonds is 6.